The van der Waals surface area contributed by atoms with Crippen LogP contribution in [-0.2, 0) is 18.7 Å². The molecular formula is C30H31ClF2N6O. The van der Waals surface area contributed by atoms with Crippen LogP contribution in [0.2, 0.25) is 5.02 Å². The molecule has 0 aliphatic rings. The Morgan fingerprint density at radius 3 is 2.42 bits per heavy atom. The van der Waals surface area contributed by atoms with Gasteiger partial charge in [-0.3, -0.25) is 4.68 Å². The molecule has 0 aliphatic carbocycles. The molecule has 40 heavy (non-hydrogen) atoms. The van der Waals surface area contributed by atoms with Crippen molar-refractivity contribution in [3.63, 3.8) is 0 Å². The molecule has 0 amide bonds. The summed E-state index contributed by atoms with van der Waals surface area (Å²) in [5.41, 5.74) is 0.794. The predicted molar refractivity (Wildman–Crippen MR) is 152 cm³/mol. The highest BCUT2D eigenvalue weighted by Gasteiger charge is 2.41. The number of hydrogen-bond donors (Lipinski definition) is 1. The van der Waals surface area contributed by atoms with Gasteiger partial charge in [0.15, 0.2) is 0 Å². The van der Waals surface area contributed by atoms with E-state index < -0.39 is 23.3 Å². The summed E-state index contributed by atoms with van der Waals surface area (Å²) in [6.45, 7) is 8.77. The van der Waals surface area contributed by atoms with Gasteiger partial charge in [-0.15, -0.1) is 0 Å². The van der Waals surface area contributed by atoms with Crippen molar-refractivity contribution in [2.45, 2.75) is 58.0 Å². The van der Waals surface area contributed by atoms with Crippen LogP contribution in [0.3, 0.4) is 0 Å². The molecule has 0 spiro atoms. The van der Waals surface area contributed by atoms with Gasteiger partial charge in [-0.1, -0.05) is 29.8 Å². The van der Waals surface area contributed by atoms with Crippen molar-refractivity contribution in [3.05, 3.63) is 107 Å². The molecule has 208 valence electrons. The Balaban J connectivity index is 1.52. The fourth-order valence-corrected chi connectivity index (χ4v) is 5.08. The van der Waals surface area contributed by atoms with Crippen molar-refractivity contribution in [2.75, 3.05) is 4.90 Å². The van der Waals surface area contributed by atoms with E-state index in [1.807, 2.05) is 42.6 Å². The summed E-state index contributed by atoms with van der Waals surface area (Å²) in [6, 6.07) is 16.2. The minimum absolute atomic E-state index is 0.0565. The highest BCUT2D eigenvalue weighted by molar-refractivity contribution is 6.30. The quantitative estimate of drug-likeness (QED) is 0.232. The summed E-state index contributed by atoms with van der Waals surface area (Å²) in [4.78, 5) is 6.23. The molecule has 5 aromatic rings. The lowest BCUT2D eigenvalue weighted by Crippen LogP contribution is -2.41. The van der Waals surface area contributed by atoms with E-state index in [1.54, 1.807) is 11.6 Å². The van der Waals surface area contributed by atoms with Gasteiger partial charge in [0.05, 0.1) is 18.1 Å². The van der Waals surface area contributed by atoms with Gasteiger partial charge < -0.3 is 10.0 Å². The molecular weight excluding hydrogens is 534 g/mol. The van der Waals surface area contributed by atoms with Gasteiger partial charge in [0, 0.05) is 46.0 Å². The predicted octanol–water partition coefficient (Wildman–Crippen LogP) is 6.51. The molecule has 2 heterocycles. The zero-order valence-corrected chi connectivity index (χ0v) is 23.5. The third kappa shape index (κ3) is 5.57. The lowest BCUT2D eigenvalue weighted by Gasteiger charge is -2.38. The smallest absolute Gasteiger partial charge is 0.137 e. The Kier molecular flexibility index (Phi) is 7.37. The van der Waals surface area contributed by atoms with Crippen LogP contribution in [0.5, 0.6) is 0 Å². The van der Waals surface area contributed by atoms with Crippen molar-refractivity contribution in [1.82, 2.24) is 24.5 Å². The number of aliphatic hydroxyl groups is 1. The van der Waals surface area contributed by atoms with Crippen LogP contribution >= 0.6 is 11.6 Å². The van der Waals surface area contributed by atoms with E-state index in [2.05, 4.69) is 41.8 Å². The van der Waals surface area contributed by atoms with Crippen LogP contribution in [0.1, 0.15) is 44.9 Å². The average Bonchev–Trinajstić information content (AvgIpc) is 3.56. The summed E-state index contributed by atoms with van der Waals surface area (Å²) in [7, 11) is 0. The molecule has 7 nitrogen and oxygen atoms in total. The van der Waals surface area contributed by atoms with E-state index in [0.29, 0.717) is 11.6 Å². The number of anilines is 1. The van der Waals surface area contributed by atoms with Crippen molar-refractivity contribution in [1.29, 1.82) is 0 Å². The molecule has 0 unspecified atom stereocenters. The molecule has 0 saturated carbocycles. The number of aromatic nitrogens is 5. The second kappa shape index (κ2) is 10.6. The summed E-state index contributed by atoms with van der Waals surface area (Å²) in [5.74, 6) is -1.58. The van der Waals surface area contributed by atoms with Gasteiger partial charge in [-0.05, 0) is 69.7 Å². The minimum Gasteiger partial charge on any atom is -0.381 e. The molecule has 0 radical (unpaired) electrons. The summed E-state index contributed by atoms with van der Waals surface area (Å²) in [6.07, 6.45) is 4.61. The Morgan fingerprint density at radius 2 is 1.77 bits per heavy atom. The molecule has 0 saturated heterocycles. The summed E-state index contributed by atoms with van der Waals surface area (Å²) in [5, 5.41) is 22.3. The van der Waals surface area contributed by atoms with Crippen LogP contribution in [0.4, 0.5) is 14.5 Å². The van der Waals surface area contributed by atoms with Gasteiger partial charge >= 0.3 is 0 Å². The van der Waals surface area contributed by atoms with E-state index in [9.17, 15) is 9.50 Å². The van der Waals surface area contributed by atoms with E-state index in [4.69, 9.17) is 16.7 Å². The summed E-state index contributed by atoms with van der Waals surface area (Å²) < 4.78 is 31.8. The van der Waals surface area contributed by atoms with E-state index in [1.165, 1.54) is 23.4 Å². The second-order valence-corrected chi connectivity index (χ2v) is 11.5. The second-order valence-electron chi connectivity index (χ2n) is 11.1. The maximum absolute atomic E-state index is 15.0. The standard InChI is InChI=1S/C30H31ClF2N6O/c1-20(30(40,17-37-19-34-18-35-37)26-11-9-24(32)14-27(26)33)39-16-22-13-25(10-12-28(22)36-39)38(29(2,3)4)15-21-5-7-23(31)8-6-21/h5-14,16,18-20,40H,15,17H2,1-4H3/t20-,30-/m1/s1. The fraction of sp³-hybridized carbons (Fsp3) is 0.300. The third-order valence-electron chi connectivity index (χ3n) is 7.24. The normalized spacial score (nSPS) is 14.3. The number of halogens is 3. The first-order chi connectivity index (χ1) is 18.9. The molecule has 10 heteroatoms. The number of fused-ring (bicyclic) bond motifs is 1. The fourth-order valence-electron chi connectivity index (χ4n) is 4.95. The monoisotopic (exact) mass is 564 g/mol. The Morgan fingerprint density at radius 1 is 1.02 bits per heavy atom. The van der Waals surface area contributed by atoms with Crippen molar-refractivity contribution in [2.24, 2.45) is 0 Å². The largest absolute Gasteiger partial charge is 0.381 e. The van der Waals surface area contributed by atoms with Crippen LogP contribution in [0.15, 0.2) is 79.5 Å². The molecule has 2 atom stereocenters. The number of rotatable bonds is 8. The lowest BCUT2D eigenvalue weighted by atomic mass is 9.86. The first-order valence-electron chi connectivity index (χ1n) is 13.0. The van der Waals surface area contributed by atoms with Crippen LogP contribution in [0, 0.1) is 11.6 Å². The molecule has 0 fully saturated rings. The highest BCUT2D eigenvalue weighted by atomic mass is 35.5. The SMILES string of the molecule is C[C@@H](n1cc2cc(N(Cc3ccc(Cl)cc3)C(C)(C)C)ccc2n1)[C@](O)(Cn1cncn1)c1ccc(F)cc1F. The first kappa shape index (κ1) is 27.7. The van der Waals surface area contributed by atoms with Crippen molar-refractivity contribution < 1.29 is 13.9 Å². The summed E-state index contributed by atoms with van der Waals surface area (Å²) >= 11 is 6.09. The number of hydrogen-bond acceptors (Lipinski definition) is 5. The topological polar surface area (TPSA) is 72.0 Å². The van der Waals surface area contributed by atoms with E-state index in [0.717, 1.165) is 34.3 Å². The number of nitrogens with zero attached hydrogens (tertiary/aromatic N) is 6. The molecule has 3 aromatic carbocycles. The molecule has 1 N–H and O–H groups in total. The highest BCUT2D eigenvalue weighted by Crippen LogP contribution is 2.38. The molecule has 0 bridgehead atoms. The van der Waals surface area contributed by atoms with Crippen LogP contribution < -0.4 is 4.90 Å². The Bertz CT molecular complexity index is 1610. The van der Waals surface area contributed by atoms with E-state index >= 15 is 4.39 Å². The molecule has 2 aromatic heterocycles. The van der Waals surface area contributed by atoms with Gasteiger partial charge in [-0.25, -0.2) is 18.4 Å². The zero-order chi connectivity index (χ0) is 28.7. The van der Waals surface area contributed by atoms with Crippen LogP contribution in [0.25, 0.3) is 10.9 Å². The average molecular weight is 565 g/mol. The minimum atomic E-state index is -1.82. The van der Waals surface area contributed by atoms with Gasteiger partial charge in [0.25, 0.3) is 0 Å². The van der Waals surface area contributed by atoms with Gasteiger partial charge in [0.1, 0.15) is 29.9 Å². The van der Waals surface area contributed by atoms with Crippen molar-refractivity contribution in [3.8, 4) is 0 Å². The Labute approximate surface area is 236 Å². The Hall–Kier alpha value is -3.82. The number of benzene rings is 3. The lowest BCUT2D eigenvalue weighted by molar-refractivity contribution is -0.0366. The maximum atomic E-state index is 15.0. The first-order valence-corrected chi connectivity index (χ1v) is 13.3. The van der Waals surface area contributed by atoms with E-state index in [-0.39, 0.29) is 17.6 Å². The maximum Gasteiger partial charge on any atom is 0.137 e. The van der Waals surface area contributed by atoms with Gasteiger partial charge in [0.2, 0.25) is 0 Å². The zero-order valence-electron chi connectivity index (χ0n) is 22.8. The van der Waals surface area contributed by atoms with Crippen molar-refractivity contribution >= 4 is 28.2 Å². The van der Waals surface area contributed by atoms with Gasteiger partial charge in [-0.2, -0.15) is 10.2 Å². The third-order valence-corrected chi connectivity index (χ3v) is 7.49. The molecule has 0 aliphatic heterocycles. The van der Waals surface area contributed by atoms with Crippen LogP contribution in [-0.4, -0.2) is 35.2 Å². The molecule has 5 rings (SSSR count).